The number of nitrogens with zero attached hydrogens (tertiary/aromatic N) is 2. The molecular weight excluding hydrogens is 462 g/mol. The number of piperidine rings is 1. The molecule has 1 saturated heterocycles. The molecule has 1 amide bonds. The van der Waals surface area contributed by atoms with E-state index in [-0.39, 0.29) is 16.4 Å². The minimum Gasteiger partial charge on any atom is -0.339 e. The molecule has 6 nitrogen and oxygen atoms in total. The molecule has 3 rings (SSSR count). The highest BCUT2D eigenvalue weighted by Gasteiger charge is 2.29. The van der Waals surface area contributed by atoms with Crippen molar-refractivity contribution in [2.45, 2.75) is 31.6 Å². The fourth-order valence-electron chi connectivity index (χ4n) is 4.00. The van der Waals surface area contributed by atoms with Crippen molar-refractivity contribution in [2.24, 2.45) is 5.92 Å². The van der Waals surface area contributed by atoms with Crippen LogP contribution >= 0.6 is 0 Å². The van der Waals surface area contributed by atoms with Gasteiger partial charge in [0.2, 0.25) is 15.9 Å². The summed E-state index contributed by atoms with van der Waals surface area (Å²) in [6, 6.07) is 9.13. The maximum absolute atomic E-state index is 13.9. The second-order valence-corrected chi connectivity index (χ2v) is 10.0. The van der Waals surface area contributed by atoms with Crippen molar-refractivity contribution in [1.29, 1.82) is 0 Å². The van der Waals surface area contributed by atoms with Crippen LogP contribution in [0.5, 0.6) is 0 Å². The third kappa shape index (κ3) is 5.77. The largest absolute Gasteiger partial charge is 0.339 e. The summed E-state index contributed by atoms with van der Waals surface area (Å²) in [5.41, 5.74) is 0.426. The van der Waals surface area contributed by atoms with Crippen LogP contribution in [0.3, 0.4) is 0 Å². The lowest BCUT2D eigenvalue weighted by Crippen LogP contribution is -2.39. The lowest BCUT2D eigenvalue weighted by atomic mass is 9.88. The van der Waals surface area contributed by atoms with Crippen LogP contribution < -0.4 is 0 Å². The molecule has 0 radical (unpaired) electrons. The summed E-state index contributed by atoms with van der Waals surface area (Å²) in [6.07, 6.45) is 3.75. The number of likely N-dealkylation sites (tertiary alicyclic amines) is 1. The number of sulfonamides is 1. The molecule has 0 aliphatic carbocycles. The molecule has 0 aromatic heterocycles. The van der Waals surface area contributed by atoms with Crippen LogP contribution in [0.4, 0.5) is 8.78 Å². The Morgan fingerprint density at radius 3 is 2.24 bits per heavy atom. The second-order valence-electron chi connectivity index (χ2n) is 8.08. The molecule has 1 aliphatic heterocycles. The third-order valence-electron chi connectivity index (χ3n) is 6.01. The van der Waals surface area contributed by atoms with E-state index in [9.17, 15) is 26.8 Å². The first kappa shape index (κ1) is 25.7. The van der Waals surface area contributed by atoms with Gasteiger partial charge >= 0.3 is 0 Å². The van der Waals surface area contributed by atoms with E-state index in [4.69, 9.17) is 0 Å². The van der Waals surface area contributed by atoms with Crippen molar-refractivity contribution in [1.82, 2.24) is 9.21 Å². The van der Waals surface area contributed by atoms with Crippen LogP contribution in [-0.2, 0) is 14.8 Å². The molecule has 9 heteroatoms. The number of hydrogen-bond acceptors (Lipinski definition) is 4. The fourth-order valence-corrected chi connectivity index (χ4v) is 5.46. The molecule has 1 fully saturated rings. The highest BCUT2D eigenvalue weighted by Crippen LogP contribution is 2.24. The van der Waals surface area contributed by atoms with Gasteiger partial charge in [-0.2, -0.15) is 4.31 Å². The van der Waals surface area contributed by atoms with Gasteiger partial charge in [-0.15, -0.1) is 0 Å². The van der Waals surface area contributed by atoms with Crippen molar-refractivity contribution in [3.63, 3.8) is 0 Å². The van der Waals surface area contributed by atoms with Gasteiger partial charge in [-0.3, -0.25) is 9.59 Å². The van der Waals surface area contributed by atoms with Crippen molar-refractivity contribution >= 4 is 27.8 Å². The van der Waals surface area contributed by atoms with Crippen molar-refractivity contribution < 1.29 is 26.8 Å². The fraction of sp³-hybridized carbons (Fsp3) is 0.360. The van der Waals surface area contributed by atoms with E-state index < -0.39 is 33.4 Å². The zero-order chi connectivity index (χ0) is 24.9. The van der Waals surface area contributed by atoms with Crippen LogP contribution in [0, 0.1) is 17.6 Å². The number of carbonyl (C=O) groups is 2. The number of hydrogen-bond donors (Lipinski definition) is 0. The lowest BCUT2D eigenvalue weighted by Gasteiger charge is -2.30. The number of halogens is 2. The molecule has 34 heavy (non-hydrogen) atoms. The number of Topliss-reactive ketones (excluding diaryl/α,β-unsaturated/α-hetero) is 1. The quantitative estimate of drug-likeness (QED) is 0.412. The van der Waals surface area contributed by atoms with E-state index in [2.05, 4.69) is 0 Å². The van der Waals surface area contributed by atoms with E-state index in [1.165, 1.54) is 22.5 Å². The SMILES string of the molecule is CCN(CC)S(=O)(=O)c1ccc(/C=C/C(=O)N2CCC(C(=O)c3cc(F)ccc3F)CC2)cc1. The van der Waals surface area contributed by atoms with Gasteiger partial charge in [-0.1, -0.05) is 26.0 Å². The Morgan fingerprint density at radius 1 is 1.03 bits per heavy atom. The van der Waals surface area contributed by atoms with Gasteiger partial charge in [0.25, 0.3) is 0 Å². The minimum atomic E-state index is -3.54. The summed E-state index contributed by atoms with van der Waals surface area (Å²) in [5.74, 6) is -2.56. The monoisotopic (exact) mass is 490 g/mol. The first-order valence-corrected chi connectivity index (χ1v) is 12.7. The van der Waals surface area contributed by atoms with E-state index in [0.717, 1.165) is 18.2 Å². The molecular formula is C25H28F2N2O4S. The molecule has 0 spiro atoms. The Balaban J connectivity index is 1.58. The predicted molar refractivity (Wildman–Crippen MR) is 126 cm³/mol. The van der Waals surface area contributed by atoms with Gasteiger partial charge < -0.3 is 4.90 Å². The first-order chi connectivity index (χ1) is 16.2. The molecule has 0 atom stereocenters. The molecule has 1 aliphatic rings. The molecule has 0 unspecified atom stereocenters. The zero-order valence-electron chi connectivity index (χ0n) is 19.2. The van der Waals surface area contributed by atoms with Crippen LogP contribution in [0.2, 0.25) is 0 Å². The van der Waals surface area contributed by atoms with Gasteiger partial charge in [-0.05, 0) is 54.8 Å². The molecule has 2 aromatic rings. The minimum absolute atomic E-state index is 0.196. The Morgan fingerprint density at radius 2 is 1.65 bits per heavy atom. The molecule has 182 valence electrons. The number of ketones is 1. The average Bonchev–Trinajstić information content (AvgIpc) is 2.84. The maximum atomic E-state index is 13.9. The lowest BCUT2D eigenvalue weighted by molar-refractivity contribution is -0.127. The Kier molecular flexibility index (Phi) is 8.33. The molecule has 0 bridgehead atoms. The van der Waals surface area contributed by atoms with Crippen LogP contribution in [0.25, 0.3) is 6.08 Å². The van der Waals surface area contributed by atoms with Crippen LogP contribution in [0.1, 0.15) is 42.6 Å². The Labute approximate surface area is 198 Å². The Bertz CT molecular complexity index is 1170. The van der Waals surface area contributed by atoms with E-state index in [1.54, 1.807) is 37.0 Å². The summed E-state index contributed by atoms with van der Waals surface area (Å²) in [6.45, 7) is 4.99. The summed E-state index contributed by atoms with van der Waals surface area (Å²) in [4.78, 5) is 26.9. The summed E-state index contributed by atoms with van der Waals surface area (Å²) >= 11 is 0. The number of amides is 1. The second kappa shape index (κ2) is 11.0. The van der Waals surface area contributed by atoms with Gasteiger partial charge in [-0.25, -0.2) is 17.2 Å². The smallest absolute Gasteiger partial charge is 0.246 e. The van der Waals surface area contributed by atoms with Crippen LogP contribution in [-0.4, -0.2) is 55.5 Å². The summed E-state index contributed by atoms with van der Waals surface area (Å²) < 4.78 is 53.8. The van der Waals surface area contributed by atoms with E-state index in [0.29, 0.717) is 44.6 Å². The molecule has 0 saturated carbocycles. The van der Waals surface area contributed by atoms with E-state index >= 15 is 0 Å². The molecule has 1 heterocycles. The van der Waals surface area contributed by atoms with Gasteiger partial charge in [0.15, 0.2) is 5.78 Å². The number of benzene rings is 2. The van der Waals surface area contributed by atoms with Crippen molar-refractivity contribution in [3.05, 3.63) is 71.3 Å². The number of carbonyl (C=O) groups excluding carboxylic acids is 2. The molecule has 2 aromatic carbocycles. The highest BCUT2D eigenvalue weighted by atomic mass is 32.2. The zero-order valence-corrected chi connectivity index (χ0v) is 20.0. The van der Waals surface area contributed by atoms with Crippen LogP contribution in [0.15, 0.2) is 53.4 Å². The standard InChI is InChI=1S/C25H28F2N2O4S/c1-3-29(4-2)34(32,33)21-9-5-18(6-10-21)7-12-24(30)28-15-13-19(14-16-28)25(31)22-17-20(26)8-11-23(22)27/h5-12,17,19H,3-4,13-16H2,1-2H3/b12-7+. The maximum Gasteiger partial charge on any atom is 0.246 e. The third-order valence-corrected chi connectivity index (χ3v) is 8.08. The Hall–Kier alpha value is -2.91. The van der Waals surface area contributed by atoms with Crippen molar-refractivity contribution in [2.75, 3.05) is 26.2 Å². The normalized spacial score (nSPS) is 15.3. The summed E-state index contributed by atoms with van der Waals surface area (Å²) in [7, 11) is -3.54. The topological polar surface area (TPSA) is 74.8 Å². The highest BCUT2D eigenvalue weighted by molar-refractivity contribution is 7.89. The predicted octanol–water partition coefficient (Wildman–Crippen LogP) is 4.13. The number of rotatable bonds is 8. The van der Waals surface area contributed by atoms with Gasteiger partial charge in [0, 0.05) is 38.2 Å². The molecule has 0 N–H and O–H groups in total. The van der Waals surface area contributed by atoms with Crippen molar-refractivity contribution in [3.8, 4) is 0 Å². The summed E-state index contributed by atoms with van der Waals surface area (Å²) in [5, 5.41) is 0. The van der Waals surface area contributed by atoms with Gasteiger partial charge in [0.1, 0.15) is 11.6 Å². The van der Waals surface area contributed by atoms with E-state index in [1.807, 2.05) is 0 Å². The average molecular weight is 491 g/mol. The first-order valence-electron chi connectivity index (χ1n) is 11.2. The van der Waals surface area contributed by atoms with Gasteiger partial charge in [0.05, 0.1) is 10.5 Å².